The first kappa shape index (κ1) is 12.8. The maximum absolute atomic E-state index is 7.82. The van der Waals surface area contributed by atoms with Gasteiger partial charge >= 0.3 is 0 Å². The first-order valence-corrected chi connectivity index (χ1v) is 8.11. The molecule has 19 heavy (non-hydrogen) atoms. The van der Waals surface area contributed by atoms with Crippen LogP contribution in [0.1, 0.15) is 29.7 Å². The summed E-state index contributed by atoms with van der Waals surface area (Å²) < 4.78 is 0. The molecule has 0 unspecified atom stereocenters. The lowest BCUT2D eigenvalue weighted by atomic mass is 9.94. The Labute approximate surface area is 118 Å². The minimum absolute atomic E-state index is 0.147. The summed E-state index contributed by atoms with van der Waals surface area (Å²) in [6.07, 6.45) is 4.61. The Morgan fingerprint density at radius 2 is 2.00 bits per heavy atom. The number of nitrogens with two attached hydrogens (primary N) is 1. The van der Waals surface area contributed by atoms with Crippen molar-refractivity contribution in [3.8, 4) is 0 Å². The minimum atomic E-state index is 0.147. The highest BCUT2D eigenvalue weighted by Gasteiger charge is 2.21. The predicted molar refractivity (Wildman–Crippen MR) is 81.4 cm³/mol. The third-order valence-corrected chi connectivity index (χ3v) is 4.82. The van der Waals surface area contributed by atoms with Crippen molar-refractivity contribution in [1.29, 1.82) is 5.41 Å². The summed E-state index contributed by atoms with van der Waals surface area (Å²) in [7, 11) is 0. The average Bonchev–Trinajstić information content (AvgIpc) is 2.46. The lowest BCUT2D eigenvalue weighted by Crippen LogP contribution is -2.35. The number of aryl methyl sites for hydroxylation is 2. The van der Waals surface area contributed by atoms with E-state index < -0.39 is 0 Å². The van der Waals surface area contributed by atoms with Crippen molar-refractivity contribution >= 4 is 23.4 Å². The number of hydrogen-bond acceptors (Lipinski definition) is 4. The van der Waals surface area contributed by atoms with Crippen LogP contribution in [0.2, 0.25) is 0 Å². The SMILES string of the molecule is N=C(N)c1cc2c(nc1N1CCSCC1)CCCC2. The number of aromatic nitrogens is 1. The van der Waals surface area contributed by atoms with E-state index in [9.17, 15) is 0 Å². The van der Waals surface area contributed by atoms with Gasteiger partial charge in [0, 0.05) is 30.3 Å². The number of pyridine rings is 1. The molecule has 3 N–H and O–H groups in total. The van der Waals surface area contributed by atoms with E-state index in [0.717, 1.165) is 48.8 Å². The monoisotopic (exact) mass is 276 g/mol. The number of amidine groups is 1. The minimum Gasteiger partial charge on any atom is -0.384 e. The van der Waals surface area contributed by atoms with Crippen LogP contribution < -0.4 is 10.6 Å². The fraction of sp³-hybridized carbons (Fsp3) is 0.571. The largest absolute Gasteiger partial charge is 0.384 e. The van der Waals surface area contributed by atoms with Gasteiger partial charge in [-0.05, 0) is 37.3 Å². The van der Waals surface area contributed by atoms with Gasteiger partial charge in [0.25, 0.3) is 0 Å². The smallest absolute Gasteiger partial charge is 0.139 e. The molecular weight excluding hydrogens is 256 g/mol. The van der Waals surface area contributed by atoms with E-state index in [-0.39, 0.29) is 5.84 Å². The molecule has 1 aliphatic carbocycles. The van der Waals surface area contributed by atoms with Gasteiger partial charge in [-0.1, -0.05) is 0 Å². The maximum Gasteiger partial charge on any atom is 0.139 e. The zero-order valence-corrected chi connectivity index (χ0v) is 11.9. The van der Waals surface area contributed by atoms with E-state index in [1.807, 2.05) is 11.8 Å². The van der Waals surface area contributed by atoms with Gasteiger partial charge in [0.2, 0.25) is 0 Å². The van der Waals surface area contributed by atoms with Crippen molar-refractivity contribution in [2.75, 3.05) is 29.5 Å². The third kappa shape index (κ3) is 2.56. The van der Waals surface area contributed by atoms with Crippen LogP contribution in [-0.4, -0.2) is 35.4 Å². The quantitative estimate of drug-likeness (QED) is 0.638. The summed E-state index contributed by atoms with van der Waals surface area (Å²) in [5, 5.41) is 7.82. The van der Waals surface area contributed by atoms with Gasteiger partial charge in [-0.2, -0.15) is 11.8 Å². The normalized spacial score (nSPS) is 19.1. The molecule has 0 saturated carbocycles. The van der Waals surface area contributed by atoms with E-state index in [4.69, 9.17) is 16.1 Å². The Morgan fingerprint density at radius 1 is 1.26 bits per heavy atom. The van der Waals surface area contributed by atoms with Gasteiger partial charge in [0.15, 0.2) is 0 Å². The van der Waals surface area contributed by atoms with E-state index in [2.05, 4.69) is 11.0 Å². The predicted octanol–water partition coefficient (Wildman–Crippen LogP) is 1.80. The molecular formula is C14H20N4S. The second kappa shape index (κ2) is 5.41. The second-order valence-corrected chi connectivity index (χ2v) is 6.41. The highest BCUT2D eigenvalue weighted by molar-refractivity contribution is 7.99. The van der Waals surface area contributed by atoms with E-state index in [1.165, 1.54) is 24.1 Å². The maximum atomic E-state index is 7.82. The Kier molecular flexibility index (Phi) is 3.64. The molecule has 0 aromatic carbocycles. The van der Waals surface area contributed by atoms with Crippen LogP contribution in [0.4, 0.5) is 5.82 Å². The van der Waals surface area contributed by atoms with E-state index >= 15 is 0 Å². The molecule has 0 amide bonds. The standard InChI is InChI=1S/C14H20N4S/c15-13(16)11-9-10-3-1-2-4-12(10)17-14(11)18-5-7-19-8-6-18/h9H,1-8H2,(H3,15,16). The van der Waals surface area contributed by atoms with E-state index in [1.54, 1.807) is 0 Å². The van der Waals surface area contributed by atoms with Crippen molar-refractivity contribution in [1.82, 2.24) is 4.98 Å². The molecule has 1 aromatic rings. The van der Waals surface area contributed by atoms with Crippen molar-refractivity contribution in [3.63, 3.8) is 0 Å². The highest BCUT2D eigenvalue weighted by Crippen LogP contribution is 2.28. The number of rotatable bonds is 2. The van der Waals surface area contributed by atoms with Crippen molar-refractivity contribution in [2.24, 2.45) is 5.73 Å². The molecule has 1 aromatic heterocycles. The number of hydrogen-bond donors (Lipinski definition) is 2. The van der Waals surface area contributed by atoms with Crippen LogP contribution in [0.3, 0.4) is 0 Å². The molecule has 0 atom stereocenters. The third-order valence-electron chi connectivity index (χ3n) is 3.88. The summed E-state index contributed by atoms with van der Waals surface area (Å²) in [6, 6.07) is 2.11. The molecule has 1 saturated heterocycles. The molecule has 0 bridgehead atoms. The molecule has 1 aliphatic heterocycles. The van der Waals surface area contributed by atoms with Crippen molar-refractivity contribution in [3.05, 3.63) is 22.9 Å². The first-order chi connectivity index (χ1) is 9.25. The van der Waals surface area contributed by atoms with Crippen LogP contribution in [0, 0.1) is 5.41 Å². The van der Waals surface area contributed by atoms with Crippen LogP contribution in [0.5, 0.6) is 0 Å². The number of nitrogens with zero attached hydrogens (tertiary/aromatic N) is 2. The Morgan fingerprint density at radius 3 is 2.74 bits per heavy atom. The Hall–Kier alpha value is -1.23. The lowest BCUT2D eigenvalue weighted by Gasteiger charge is -2.30. The zero-order chi connectivity index (χ0) is 13.2. The molecule has 1 fully saturated rings. The number of fused-ring (bicyclic) bond motifs is 1. The first-order valence-electron chi connectivity index (χ1n) is 6.95. The molecule has 2 aliphatic rings. The van der Waals surface area contributed by atoms with Crippen molar-refractivity contribution < 1.29 is 0 Å². The van der Waals surface area contributed by atoms with Gasteiger partial charge in [-0.3, -0.25) is 5.41 Å². The summed E-state index contributed by atoms with van der Waals surface area (Å²) in [6.45, 7) is 2.02. The van der Waals surface area contributed by atoms with Crippen LogP contribution in [-0.2, 0) is 12.8 Å². The van der Waals surface area contributed by atoms with Gasteiger partial charge in [0.05, 0.1) is 5.56 Å². The number of nitrogen functional groups attached to an aromatic ring is 1. The van der Waals surface area contributed by atoms with Crippen LogP contribution in [0.15, 0.2) is 6.07 Å². The molecule has 3 rings (SSSR count). The molecule has 102 valence electrons. The molecule has 0 spiro atoms. The highest BCUT2D eigenvalue weighted by atomic mass is 32.2. The van der Waals surface area contributed by atoms with Gasteiger partial charge in [-0.15, -0.1) is 0 Å². The van der Waals surface area contributed by atoms with Crippen LogP contribution >= 0.6 is 11.8 Å². The number of thioether (sulfide) groups is 1. The second-order valence-electron chi connectivity index (χ2n) is 5.19. The Balaban J connectivity index is 2.02. The van der Waals surface area contributed by atoms with Crippen LogP contribution in [0.25, 0.3) is 0 Å². The molecule has 0 radical (unpaired) electrons. The van der Waals surface area contributed by atoms with E-state index in [0.29, 0.717) is 0 Å². The number of nitrogens with one attached hydrogen (secondary N) is 1. The van der Waals surface area contributed by atoms with Gasteiger partial charge < -0.3 is 10.6 Å². The fourth-order valence-corrected chi connectivity index (χ4v) is 3.74. The Bertz CT molecular complexity index is 494. The van der Waals surface area contributed by atoms with Gasteiger partial charge in [0.1, 0.15) is 11.7 Å². The summed E-state index contributed by atoms with van der Waals surface area (Å²) in [4.78, 5) is 7.15. The molecule has 4 nitrogen and oxygen atoms in total. The lowest BCUT2D eigenvalue weighted by molar-refractivity contribution is 0.664. The van der Waals surface area contributed by atoms with Gasteiger partial charge in [-0.25, -0.2) is 4.98 Å². The molecule has 2 heterocycles. The number of anilines is 1. The zero-order valence-electron chi connectivity index (χ0n) is 11.1. The summed E-state index contributed by atoms with van der Waals surface area (Å²) in [5.41, 5.74) is 9.12. The summed E-state index contributed by atoms with van der Waals surface area (Å²) >= 11 is 1.98. The topological polar surface area (TPSA) is 66.0 Å². The fourth-order valence-electron chi connectivity index (χ4n) is 2.84. The average molecular weight is 276 g/mol. The van der Waals surface area contributed by atoms with Crippen molar-refractivity contribution in [2.45, 2.75) is 25.7 Å². The molecule has 5 heteroatoms. The summed E-state index contributed by atoms with van der Waals surface area (Å²) in [5.74, 6) is 3.36.